The first-order valence-electron chi connectivity index (χ1n) is 10.9. The van der Waals surface area contributed by atoms with Crippen molar-refractivity contribution in [3.05, 3.63) is 53.7 Å². The molecule has 2 aromatic heterocycles. The Bertz CT molecular complexity index is 1260. The summed E-state index contributed by atoms with van der Waals surface area (Å²) in [5.74, 6) is -1.39. The number of alkyl halides is 2. The van der Waals surface area contributed by atoms with Crippen LogP contribution in [0.5, 0.6) is 0 Å². The van der Waals surface area contributed by atoms with E-state index in [4.69, 9.17) is 5.11 Å². The van der Waals surface area contributed by atoms with E-state index in [0.717, 1.165) is 27.7 Å². The Morgan fingerprint density at radius 1 is 1.18 bits per heavy atom. The maximum atomic E-state index is 13.1. The van der Waals surface area contributed by atoms with Crippen molar-refractivity contribution in [3.63, 3.8) is 0 Å². The predicted molar refractivity (Wildman–Crippen MR) is 122 cm³/mol. The van der Waals surface area contributed by atoms with Crippen LogP contribution in [0.1, 0.15) is 29.9 Å². The van der Waals surface area contributed by atoms with Crippen LogP contribution < -0.4 is 10.6 Å². The van der Waals surface area contributed by atoms with E-state index < -0.39 is 19.1 Å². The minimum absolute atomic E-state index is 0.277. The van der Waals surface area contributed by atoms with Crippen LogP contribution >= 0.6 is 0 Å². The second-order valence-corrected chi connectivity index (χ2v) is 8.45. The van der Waals surface area contributed by atoms with Gasteiger partial charge >= 0.3 is 0 Å². The van der Waals surface area contributed by atoms with Crippen molar-refractivity contribution in [2.75, 3.05) is 18.5 Å². The summed E-state index contributed by atoms with van der Waals surface area (Å²) < 4.78 is 28.0. The average Bonchev–Trinajstić information content (AvgIpc) is 3.42. The zero-order valence-electron chi connectivity index (χ0n) is 18.1. The lowest BCUT2D eigenvalue weighted by molar-refractivity contribution is -0.0477. The third-order valence-corrected chi connectivity index (χ3v) is 5.82. The topological polar surface area (TPSA) is 104 Å². The first-order chi connectivity index (χ1) is 15.9. The number of aromatic nitrogens is 5. The maximum absolute atomic E-state index is 13.1. The highest BCUT2D eigenvalue weighted by molar-refractivity contribution is 5.89. The van der Waals surface area contributed by atoms with Crippen molar-refractivity contribution >= 4 is 22.5 Å². The van der Waals surface area contributed by atoms with Gasteiger partial charge in [0, 0.05) is 30.2 Å². The van der Waals surface area contributed by atoms with E-state index in [-0.39, 0.29) is 6.54 Å². The highest BCUT2D eigenvalue weighted by Gasteiger charge is 2.29. The fourth-order valence-corrected chi connectivity index (χ4v) is 3.91. The SMILES string of the molecule is Cn1nc(-c2ccc(CNCC(F)(F)CO)cc2)nc1Nc1ccc2[nH]ncc2c1C1CC1. The Balaban J connectivity index is 1.31. The maximum Gasteiger partial charge on any atom is 0.282 e. The quantitative estimate of drug-likeness (QED) is 0.308. The number of fused-ring (bicyclic) bond motifs is 1. The minimum atomic E-state index is -3.12. The van der Waals surface area contributed by atoms with Crippen LogP contribution in [0.25, 0.3) is 22.3 Å². The third kappa shape index (κ3) is 4.57. The molecule has 10 heteroatoms. The molecule has 5 rings (SSSR count). The number of anilines is 2. The second-order valence-electron chi connectivity index (χ2n) is 8.45. The van der Waals surface area contributed by atoms with E-state index in [0.29, 0.717) is 17.7 Å². The molecule has 0 unspecified atom stereocenters. The van der Waals surface area contributed by atoms with Gasteiger partial charge in [-0.2, -0.15) is 10.1 Å². The Hall–Kier alpha value is -3.37. The third-order valence-electron chi connectivity index (χ3n) is 5.82. The lowest BCUT2D eigenvalue weighted by Gasteiger charge is -2.13. The zero-order valence-corrected chi connectivity index (χ0v) is 18.1. The van der Waals surface area contributed by atoms with Crippen molar-refractivity contribution in [1.82, 2.24) is 30.3 Å². The van der Waals surface area contributed by atoms with E-state index in [9.17, 15) is 8.78 Å². The average molecular weight is 453 g/mol. The van der Waals surface area contributed by atoms with E-state index >= 15 is 0 Å². The van der Waals surface area contributed by atoms with Crippen LogP contribution in [0, 0.1) is 0 Å². The van der Waals surface area contributed by atoms with Gasteiger partial charge in [0.05, 0.1) is 18.3 Å². The lowest BCUT2D eigenvalue weighted by atomic mass is 10.0. The number of aryl methyl sites for hydroxylation is 1. The van der Waals surface area contributed by atoms with E-state index in [1.165, 1.54) is 18.4 Å². The molecule has 2 aromatic carbocycles. The van der Waals surface area contributed by atoms with Gasteiger partial charge in [-0.1, -0.05) is 24.3 Å². The lowest BCUT2D eigenvalue weighted by Crippen LogP contribution is -2.35. The summed E-state index contributed by atoms with van der Waals surface area (Å²) in [7, 11) is 1.84. The molecule has 1 fully saturated rings. The summed E-state index contributed by atoms with van der Waals surface area (Å²) in [6.45, 7) is -1.47. The molecule has 4 N–H and O–H groups in total. The first kappa shape index (κ1) is 21.5. The van der Waals surface area contributed by atoms with Crippen molar-refractivity contribution < 1.29 is 13.9 Å². The molecule has 8 nitrogen and oxygen atoms in total. The number of nitrogens with one attached hydrogen (secondary N) is 3. The van der Waals surface area contributed by atoms with Gasteiger partial charge in [0.15, 0.2) is 5.82 Å². The molecule has 0 bridgehead atoms. The number of hydrogen-bond donors (Lipinski definition) is 4. The van der Waals surface area contributed by atoms with Gasteiger partial charge in [0.25, 0.3) is 5.92 Å². The number of H-pyrrole nitrogens is 1. The molecule has 1 aliphatic rings. The molecule has 4 aromatic rings. The van der Waals surface area contributed by atoms with Gasteiger partial charge in [-0.15, -0.1) is 5.10 Å². The van der Waals surface area contributed by atoms with Gasteiger partial charge < -0.3 is 15.7 Å². The molecule has 0 atom stereocenters. The van der Waals surface area contributed by atoms with Gasteiger partial charge in [0.1, 0.15) is 6.61 Å². The zero-order chi connectivity index (χ0) is 23.0. The van der Waals surface area contributed by atoms with Crippen molar-refractivity contribution in [1.29, 1.82) is 0 Å². The summed E-state index contributed by atoms with van der Waals surface area (Å²) in [5.41, 5.74) is 4.97. The van der Waals surface area contributed by atoms with Crippen LogP contribution in [-0.4, -0.2) is 49.1 Å². The van der Waals surface area contributed by atoms with Crippen LogP contribution in [-0.2, 0) is 13.6 Å². The van der Waals surface area contributed by atoms with Crippen LogP contribution in [0.3, 0.4) is 0 Å². The van der Waals surface area contributed by atoms with Gasteiger partial charge in [-0.3, -0.25) is 5.10 Å². The number of hydrogen-bond acceptors (Lipinski definition) is 6. The predicted octanol–water partition coefficient (Wildman–Crippen LogP) is 3.70. The molecule has 0 amide bonds. The largest absolute Gasteiger partial charge is 0.390 e. The number of nitrogens with zero attached hydrogens (tertiary/aromatic N) is 4. The van der Waals surface area contributed by atoms with E-state index in [1.54, 1.807) is 4.68 Å². The molecule has 0 aliphatic heterocycles. The standard InChI is InChI=1S/C23H25F2N7O/c1-32-22(28-19-9-8-18-17(11-27-30-18)20(19)15-6-7-15)29-21(31-32)16-4-2-14(3-5-16)10-26-12-23(24,25)13-33/h2-5,8-9,11,15,26,33H,6-7,10,12-13H2,1H3,(H,27,30)(H,28,29,31). The summed E-state index contributed by atoms with van der Waals surface area (Å²) in [4.78, 5) is 4.67. The van der Waals surface area contributed by atoms with Gasteiger partial charge in [0.2, 0.25) is 5.95 Å². The molecular formula is C23H25F2N7O. The fourth-order valence-electron chi connectivity index (χ4n) is 3.91. The van der Waals surface area contributed by atoms with Crippen molar-refractivity contribution in [3.8, 4) is 11.4 Å². The molecule has 0 radical (unpaired) electrons. The number of rotatable bonds is 9. The Kier molecular flexibility index (Phi) is 5.55. The number of benzene rings is 2. The molecule has 0 spiro atoms. The van der Waals surface area contributed by atoms with E-state index in [2.05, 4.69) is 30.9 Å². The highest BCUT2D eigenvalue weighted by Crippen LogP contribution is 2.47. The molecule has 172 valence electrons. The Morgan fingerprint density at radius 3 is 2.70 bits per heavy atom. The molecule has 0 saturated heterocycles. The number of aliphatic hydroxyl groups is 1. The van der Waals surface area contributed by atoms with Crippen LogP contribution in [0.2, 0.25) is 0 Å². The highest BCUT2D eigenvalue weighted by atomic mass is 19.3. The molecule has 1 aliphatic carbocycles. The Labute approximate surface area is 189 Å². The van der Waals surface area contributed by atoms with Crippen molar-refractivity contribution in [2.24, 2.45) is 7.05 Å². The van der Waals surface area contributed by atoms with Gasteiger partial charge in [-0.05, 0) is 42.0 Å². The number of aliphatic hydroxyl groups excluding tert-OH is 1. The molecule has 1 saturated carbocycles. The fraction of sp³-hybridized carbons (Fsp3) is 0.348. The minimum Gasteiger partial charge on any atom is -0.390 e. The second kappa shape index (κ2) is 8.53. The first-order valence-corrected chi connectivity index (χ1v) is 10.9. The van der Waals surface area contributed by atoms with Crippen LogP contribution in [0.4, 0.5) is 20.4 Å². The van der Waals surface area contributed by atoms with Crippen LogP contribution in [0.15, 0.2) is 42.6 Å². The molecule has 2 heterocycles. The number of aromatic amines is 1. The summed E-state index contributed by atoms with van der Waals surface area (Å²) >= 11 is 0. The van der Waals surface area contributed by atoms with Crippen molar-refractivity contribution in [2.45, 2.75) is 31.2 Å². The smallest absolute Gasteiger partial charge is 0.282 e. The summed E-state index contributed by atoms with van der Waals surface area (Å²) in [6.07, 6.45) is 4.21. The molecular weight excluding hydrogens is 428 g/mol. The summed E-state index contributed by atoms with van der Waals surface area (Å²) in [5, 5.41) is 27.6. The normalized spacial score (nSPS) is 14.2. The number of halogens is 2. The summed E-state index contributed by atoms with van der Waals surface area (Å²) in [6, 6.07) is 11.5. The van der Waals surface area contributed by atoms with Gasteiger partial charge in [-0.25, -0.2) is 13.5 Å². The monoisotopic (exact) mass is 453 g/mol. The molecule has 33 heavy (non-hydrogen) atoms. The van der Waals surface area contributed by atoms with E-state index in [1.807, 2.05) is 49.6 Å². The Morgan fingerprint density at radius 2 is 1.97 bits per heavy atom.